The summed E-state index contributed by atoms with van der Waals surface area (Å²) in [4.78, 5) is 42.6. The van der Waals surface area contributed by atoms with Crippen molar-refractivity contribution in [3.05, 3.63) is 51.8 Å². The average molecular weight is 470 g/mol. The molecule has 5 rings (SSSR count). The SMILES string of the molecule is Cn1nc(C(=O)N2CCC[C@H](C(=O)NC3CC3)C2)c2c1CCN(C(=O)c1ccccc1Cl)C2. The summed E-state index contributed by atoms with van der Waals surface area (Å²) in [5.74, 6) is -0.443. The number of aryl methyl sites for hydroxylation is 1. The van der Waals surface area contributed by atoms with E-state index in [-0.39, 0.29) is 23.6 Å². The van der Waals surface area contributed by atoms with Gasteiger partial charge in [-0.3, -0.25) is 19.1 Å². The molecule has 3 heterocycles. The molecule has 1 atom stereocenters. The Balaban J connectivity index is 1.34. The summed E-state index contributed by atoms with van der Waals surface area (Å²) < 4.78 is 1.75. The molecular weight excluding hydrogens is 442 g/mol. The lowest BCUT2D eigenvalue weighted by Gasteiger charge is -2.32. The molecule has 1 aromatic carbocycles. The number of nitrogens with one attached hydrogen (secondary N) is 1. The van der Waals surface area contributed by atoms with Crippen LogP contribution in [0.3, 0.4) is 0 Å². The molecule has 2 aliphatic heterocycles. The van der Waals surface area contributed by atoms with Crippen molar-refractivity contribution in [3.63, 3.8) is 0 Å². The maximum atomic E-state index is 13.5. The summed E-state index contributed by atoms with van der Waals surface area (Å²) in [5.41, 5.74) is 2.60. The summed E-state index contributed by atoms with van der Waals surface area (Å²) in [7, 11) is 1.84. The standard InChI is InChI=1S/C24H28ClN5O3/c1-28-20-10-12-30(23(32)17-6-2-3-7-19(17)25)14-18(20)21(27-28)24(33)29-11-4-5-15(13-29)22(31)26-16-8-9-16/h2-3,6-7,15-16H,4-5,8-14H2,1H3,(H,26,31)/t15-/m0/s1. The number of benzene rings is 1. The van der Waals surface area contributed by atoms with E-state index in [0.717, 1.165) is 36.9 Å². The van der Waals surface area contributed by atoms with Crippen LogP contribution in [0.1, 0.15) is 57.8 Å². The molecule has 3 amide bonds. The van der Waals surface area contributed by atoms with Crippen molar-refractivity contribution in [1.82, 2.24) is 24.9 Å². The highest BCUT2D eigenvalue weighted by Gasteiger charge is 2.36. The second-order valence-corrected chi connectivity index (χ2v) is 9.63. The molecule has 3 aliphatic rings. The van der Waals surface area contributed by atoms with Crippen LogP contribution in [0.15, 0.2) is 24.3 Å². The first-order valence-corrected chi connectivity index (χ1v) is 12.0. The largest absolute Gasteiger partial charge is 0.353 e. The number of likely N-dealkylation sites (tertiary alicyclic amines) is 1. The van der Waals surface area contributed by atoms with Crippen molar-refractivity contribution >= 4 is 29.3 Å². The molecule has 174 valence electrons. The highest BCUT2D eigenvalue weighted by molar-refractivity contribution is 6.33. The van der Waals surface area contributed by atoms with Gasteiger partial charge in [0.25, 0.3) is 11.8 Å². The van der Waals surface area contributed by atoms with Gasteiger partial charge < -0.3 is 15.1 Å². The monoisotopic (exact) mass is 469 g/mol. The van der Waals surface area contributed by atoms with E-state index in [2.05, 4.69) is 10.4 Å². The number of aromatic nitrogens is 2. The topological polar surface area (TPSA) is 87.5 Å². The van der Waals surface area contributed by atoms with Gasteiger partial charge in [0.05, 0.1) is 23.0 Å². The zero-order valence-electron chi connectivity index (χ0n) is 18.7. The van der Waals surface area contributed by atoms with Crippen LogP contribution in [0.4, 0.5) is 0 Å². The zero-order valence-corrected chi connectivity index (χ0v) is 19.5. The minimum absolute atomic E-state index is 0.0505. The molecule has 0 bridgehead atoms. The Hall–Kier alpha value is -2.87. The first-order chi connectivity index (χ1) is 15.9. The molecule has 2 aromatic rings. The smallest absolute Gasteiger partial charge is 0.274 e. The van der Waals surface area contributed by atoms with E-state index in [9.17, 15) is 14.4 Å². The highest BCUT2D eigenvalue weighted by atomic mass is 35.5. The van der Waals surface area contributed by atoms with Crippen LogP contribution in [0.2, 0.25) is 5.02 Å². The summed E-state index contributed by atoms with van der Waals surface area (Å²) in [6.45, 7) is 1.87. The van der Waals surface area contributed by atoms with Crippen molar-refractivity contribution in [1.29, 1.82) is 0 Å². The Morgan fingerprint density at radius 1 is 1.06 bits per heavy atom. The van der Waals surface area contributed by atoms with Gasteiger partial charge in [-0.2, -0.15) is 5.10 Å². The fourth-order valence-corrected chi connectivity index (χ4v) is 5.03. The fraction of sp³-hybridized carbons (Fsp3) is 0.500. The number of hydrogen-bond donors (Lipinski definition) is 1. The molecule has 1 N–H and O–H groups in total. The summed E-state index contributed by atoms with van der Waals surface area (Å²) >= 11 is 6.24. The number of rotatable bonds is 4. The van der Waals surface area contributed by atoms with E-state index in [1.54, 1.807) is 38.7 Å². The number of nitrogens with zero attached hydrogens (tertiary/aromatic N) is 4. The van der Waals surface area contributed by atoms with E-state index in [1.807, 2.05) is 7.05 Å². The molecular formula is C24H28ClN5O3. The number of halogens is 1. The van der Waals surface area contributed by atoms with Crippen LogP contribution in [-0.2, 0) is 24.8 Å². The Morgan fingerprint density at radius 3 is 2.61 bits per heavy atom. The quantitative estimate of drug-likeness (QED) is 0.744. The zero-order chi connectivity index (χ0) is 23.1. The van der Waals surface area contributed by atoms with Crippen molar-refractivity contribution in [2.45, 2.75) is 44.7 Å². The molecule has 0 radical (unpaired) electrons. The van der Waals surface area contributed by atoms with Crippen LogP contribution < -0.4 is 5.32 Å². The van der Waals surface area contributed by atoms with E-state index in [1.165, 1.54) is 0 Å². The Morgan fingerprint density at radius 2 is 1.85 bits per heavy atom. The average Bonchev–Trinajstić information content (AvgIpc) is 3.59. The molecule has 8 nitrogen and oxygen atoms in total. The lowest BCUT2D eigenvalue weighted by Crippen LogP contribution is -2.46. The Labute approximate surface area is 197 Å². The summed E-state index contributed by atoms with van der Waals surface area (Å²) in [6, 6.07) is 7.32. The molecule has 33 heavy (non-hydrogen) atoms. The van der Waals surface area contributed by atoms with Gasteiger partial charge in [-0.15, -0.1) is 0 Å². The van der Waals surface area contributed by atoms with Gasteiger partial charge in [0.1, 0.15) is 0 Å². The molecule has 0 spiro atoms. The first kappa shape index (κ1) is 21.9. The van der Waals surface area contributed by atoms with Gasteiger partial charge in [0, 0.05) is 50.4 Å². The predicted octanol–water partition coefficient (Wildman–Crippen LogP) is 2.40. The molecule has 0 unspecified atom stereocenters. The minimum atomic E-state index is -0.180. The van der Waals surface area contributed by atoms with Gasteiger partial charge in [-0.05, 0) is 37.8 Å². The van der Waals surface area contributed by atoms with E-state index in [4.69, 9.17) is 11.6 Å². The summed E-state index contributed by atoms with van der Waals surface area (Å²) in [5, 5.41) is 8.02. The normalized spacial score (nSPS) is 20.4. The number of carbonyl (C=O) groups is 3. The maximum absolute atomic E-state index is 13.5. The van der Waals surface area contributed by atoms with Crippen LogP contribution in [0.25, 0.3) is 0 Å². The lowest BCUT2D eigenvalue weighted by molar-refractivity contribution is -0.126. The number of fused-ring (bicyclic) bond motifs is 1. The second-order valence-electron chi connectivity index (χ2n) is 9.23. The lowest BCUT2D eigenvalue weighted by atomic mass is 9.96. The number of hydrogen-bond acceptors (Lipinski definition) is 4. The number of piperidine rings is 1. The van der Waals surface area contributed by atoms with E-state index < -0.39 is 0 Å². The fourth-order valence-electron chi connectivity index (χ4n) is 4.81. The van der Waals surface area contributed by atoms with Gasteiger partial charge in [-0.1, -0.05) is 23.7 Å². The van der Waals surface area contributed by atoms with Crippen LogP contribution in [0.5, 0.6) is 0 Å². The van der Waals surface area contributed by atoms with Crippen LogP contribution in [0, 0.1) is 5.92 Å². The predicted molar refractivity (Wildman–Crippen MR) is 123 cm³/mol. The van der Waals surface area contributed by atoms with Crippen molar-refractivity contribution in [2.75, 3.05) is 19.6 Å². The molecule has 1 aromatic heterocycles. The number of carbonyl (C=O) groups excluding carboxylic acids is 3. The summed E-state index contributed by atoms with van der Waals surface area (Å²) in [6.07, 6.45) is 4.30. The van der Waals surface area contributed by atoms with Gasteiger partial charge in [-0.25, -0.2) is 0 Å². The molecule has 1 saturated carbocycles. The first-order valence-electron chi connectivity index (χ1n) is 11.6. The Bertz CT molecular complexity index is 1110. The van der Waals surface area contributed by atoms with Crippen molar-refractivity contribution in [2.24, 2.45) is 13.0 Å². The third kappa shape index (κ3) is 4.36. The molecule has 2 fully saturated rings. The number of amides is 3. The minimum Gasteiger partial charge on any atom is -0.353 e. The maximum Gasteiger partial charge on any atom is 0.274 e. The van der Waals surface area contributed by atoms with E-state index in [0.29, 0.717) is 54.9 Å². The third-order valence-corrected chi connectivity index (χ3v) is 7.17. The molecule has 1 aliphatic carbocycles. The van der Waals surface area contributed by atoms with Gasteiger partial charge in [0.15, 0.2) is 5.69 Å². The van der Waals surface area contributed by atoms with Crippen LogP contribution in [-0.4, -0.2) is 63.0 Å². The van der Waals surface area contributed by atoms with Gasteiger partial charge >= 0.3 is 0 Å². The van der Waals surface area contributed by atoms with Gasteiger partial charge in [0.2, 0.25) is 5.91 Å². The Kier molecular flexibility index (Phi) is 5.86. The van der Waals surface area contributed by atoms with Crippen molar-refractivity contribution < 1.29 is 14.4 Å². The highest BCUT2D eigenvalue weighted by Crippen LogP contribution is 2.28. The van der Waals surface area contributed by atoms with Crippen molar-refractivity contribution in [3.8, 4) is 0 Å². The second kappa shape index (κ2) is 8.82. The molecule has 1 saturated heterocycles. The van der Waals surface area contributed by atoms with E-state index >= 15 is 0 Å². The third-order valence-electron chi connectivity index (χ3n) is 6.84. The molecule has 9 heteroatoms. The van der Waals surface area contributed by atoms with Crippen LogP contribution >= 0.6 is 11.6 Å².